The molecule has 2 unspecified atom stereocenters. The molecule has 1 heterocycles. The van der Waals surface area contributed by atoms with Gasteiger partial charge in [-0.1, -0.05) is 25.8 Å². The fourth-order valence-electron chi connectivity index (χ4n) is 1.10. The highest BCUT2D eigenvalue weighted by atomic mass is 32.2. The molecule has 1 rings (SSSR count). The van der Waals surface area contributed by atoms with Crippen molar-refractivity contribution in [3.63, 3.8) is 0 Å². The standard InChI is InChI=1S/C10H13N3S.CH4O/c1-7(8(2)14-12)10-4-3-9(5-11)6-13-10;1-2/h3-4,6-8H,12H2,1-2H3;2H,1H3. The average molecular weight is 239 g/mol. The van der Waals surface area contributed by atoms with Crippen molar-refractivity contribution in [2.24, 2.45) is 5.14 Å². The first-order valence-corrected chi connectivity index (χ1v) is 5.79. The van der Waals surface area contributed by atoms with Crippen molar-refractivity contribution in [2.45, 2.75) is 25.0 Å². The topological polar surface area (TPSA) is 82.9 Å². The van der Waals surface area contributed by atoms with Crippen molar-refractivity contribution in [2.75, 3.05) is 7.11 Å². The highest BCUT2D eigenvalue weighted by Crippen LogP contribution is 2.23. The van der Waals surface area contributed by atoms with Crippen LogP contribution >= 0.6 is 11.9 Å². The van der Waals surface area contributed by atoms with Crippen molar-refractivity contribution in [1.82, 2.24) is 4.98 Å². The van der Waals surface area contributed by atoms with Gasteiger partial charge in [0, 0.05) is 30.2 Å². The van der Waals surface area contributed by atoms with E-state index >= 15 is 0 Å². The third-order valence-electron chi connectivity index (χ3n) is 2.30. The normalized spacial score (nSPS) is 13.0. The van der Waals surface area contributed by atoms with Gasteiger partial charge < -0.3 is 5.11 Å². The van der Waals surface area contributed by atoms with Crippen LogP contribution in [0.25, 0.3) is 0 Å². The van der Waals surface area contributed by atoms with Crippen molar-refractivity contribution >= 4 is 11.9 Å². The van der Waals surface area contributed by atoms with E-state index in [1.165, 1.54) is 11.9 Å². The van der Waals surface area contributed by atoms with Gasteiger partial charge in [-0.05, 0) is 12.1 Å². The van der Waals surface area contributed by atoms with E-state index < -0.39 is 0 Å². The number of aliphatic hydroxyl groups excluding tert-OH is 1. The summed E-state index contributed by atoms with van der Waals surface area (Å²) in [6.45, 7) is 4.15. The zero-order chi connectivity index (χ0) is 12.6. The first-order chi connectivity index (χ1) is 7.69. The molecule has 0 aromatic carbocycles. The second kappa shape index (κ2) is 8.11. The van der Waals surface area contributed by atoms with Gasteiger partial charge in [0.2, 0.25) is 0 Å². The summed E-state index contributed by atoms with van der Waals surface area (Å²) in [5.74, 6) is 0.303. The van der Waals surface area contributed by atoms with Gasteiger partial charge in [0.25, 0.3) is 0 Å². The van der Waals surface area contributed by atoms with Gasteiger partial charge in [-0.25, -0.2) is 0 Å². The van der Waals surface area contributed by atoms with E-state index in [4.69, 9.17) is 15.5 Å². The zero-order valence-electron chi connectivity index (χ0n) is 9.71. The van der Waals surface area contributed by atoms with Gasteiger partial charge in [-0.3, -0.25) is 10.1 Å². The second-order valence-electron chi connectivity index (χ2n) is 3.21. The fraction of sp³-hybridized carbons (Fsp3) is 0.455. The maximum atomic E-state index is 8.61. The first-order valence-electron chi connectivity index (χ1n) is 4.85. The molecule has 0 radical (unpaired) electrons. The number of nitrogens with two attached hydrogens (primary N) is 1. The molecule has 1 aromatic rings. The number of aromatic nitrogens is 1. The van der Waals surface area contributed by atoms with Crippen LogP contribution < -0.4 is 5.14 Å². The van der Waals surface area contributed by atoms with Crippen molar-refractivity contribution in [3.05, 3.63) is 29.6 Å². The fourth-order valence-corrected chi connectivity index (χ4v) is 1.47. The first kappa shape index (κ1) is 14.9. The van der Waals surface area contributed by atoms with Crippen LogP contribution in [0.2, 0.25) is 0 Å². The minimum atomic E-state index is 0.303. The van der Waals surface area contributed by atoms with E-state index in [0.29, 0.717) is 16.7 Å². The van der Waals surface area contributed by atoms with Gasteiger partial charge >= 0.3 is 0 Å². The molecule has 0 saturated heterocycles. The molecule has 3 N–H and O–H groups in total. The molecule has 0 aliphatic carbocycles. The molecule has 1 aromatic heterocycles. The van der Waals surface area contributed by atoms with Gasteiger partial charge in [-0.15, -0.1) is 0 Å². The summed E-state index contributed by atoms with van der Waals surface area (Å²) in [6.07, 6.45) is 1.60. The maximum absolute atomic E-state index is 8.61. The Bertz CT molecular complexity index is 334. The molecule has 5 heteroatoms. The maximum Gasteiger partial charge on any atom is 0.101 e. The van der Waals surface area contributed by atoms with Crippen LogP contribution in [0.4, 0.5) is 0 Å². The lowest BCUT2D eigenvalue weighted by molar-refractivity contribution is 0.399. The highest BCUT2D eigenvalue weighted by molar-refractivity contribution is 7.97. The number of pyridine rings is 1. The van der Waals surface area contributed by atoms with Crippen molar-refractivity contribution in [3.8, 4) is 6.07 Å². The van der Waals surface area contributed by atoms with Gasteiger partial charge in [0.05, 0.1) is 5.56 Å². The summed E-state index contributed by atoms with van der Waals surface area (Å²) < 4.78 is 0. The summed E-state index contributed by atoms with van der Waals surface area (Å²) in [5.41, 5.74) is 1.57. The van der Waals surface area contributed by atoms with Gasteiger partial charge in [0.15, 0.2) is 0 Å². The Hall–Kier alpha value is -1.09. The Labute approximate surface area is 101 Å². The monoisotopic (exact) mass is 239 g/mol. The molecule has 0 fully saturated rings. The Balaban J connectivity index is 0.00000106. The Morgan fingerprint density at radius 2 is 2.06 bits per heavy atom. The van der Waals surface area contributed by atoms with Gasteiger partial charge in [-0.2, -0.15) is 5.26 Å². The molecule has 0 aliphatic heterocycles. The SMILES string of the molecule is CC(SN)C(C)c1ccc(C#N)cn1.CO. The smallest absolute Gasteiger partial charge is 0.101 e. The zero-order valence-corrected chi connectivity index (χ0v) is 10.5. The van der Waals surface area contributed by atoms with Crippen LogP contribution in [0, 0.1) is 11.3 Å². The largest absolute Gasteiger partial charge is 0.400 e. The lowest BCUT2D eigenvalue weighted by Gasteiger charge is -2.16. The van der Waals surface area contributed by atoms with E-state index in [9.17, 15) is 0 Å². The predicted molar refractivity (Wildman–Crippen MR) is 66.8 cm³/mol. The Kier molecular flexibility index (Phi) is 7.56. The molecule has 0 bridgehead atoms. The summed E-state index contributed by atoms with van der Waals surface area (Å²) in [5, 5.41) is 21.4. The summed E-state index contributed by atoms with van der Waals surface area (Å²) in [6, 6.07) is 5.71. The minimum absolute atomic E-state index is 0.303. The number of nitrogens with zero attached hydrogens (tertiary/aromatic N) is 2. The third kappa shape index (κ3) is 4.19. The van der Waals surface area contributed by atoms with Crippen molar-refractivity contribution in [1.29, 1.82) is 5.26 Å². The van der Waals surface area contributed by atoms with Crippen LogP contribution in [0.1, 0.15) is 31.0 Å². The van der Waals surface area contributed by atoms with Gasteiger partial charge in [0.1, 0.15) is 6.07 Å². The Morgan fingerprint density at radius 1 is 1.44 bits per heavy atom. The van der Waals surface area contributed by atoms with Crippen LogP contribution in [-0.2, 0) is 0 Å². The summed E-state index contributed by atoms with van der Waals surface area (Å²) >= 11 is 1.33. The van der Waals surface area contributed by atoms with Crippen LogP contribution in [0.15, 0.2) is 18.3 Å². The number of hydrogen-bond acceptors (Lipinski definition) is 5. The molecule has 0 spiro atoms. The molecule has 2 atom stereocenters. The summed E-state index contributed by atoms with van der Waals surface area (Å²) in [7, 11) is 1.00. The number of hydrogen-bond donors (Lipinski definition) is 2. The quantitative estimate of drug-likeness (QED) is 0.784. The average Bonchev–Trinajstić information content (AvgIpc) is 2.39. The highest BCUT2D eigenvalue weighted by Gasteiger charge is 2.14. The van der Waals surface area contributed by atoms with E-state index in [-0.39, 0.29) is 0 Å². The van der Waals surface area contributed by atoms with E-state index in [0.717, 1.165) is 12.8 Å². The van der Waals surface area contributed by atoms with E-state index in [1.54, 1.807) is 12.3 Å². The molecular weight excluding hydrogens is 222 g/mol. The molecule has 0 aliphatic rings. The van der Waals surface area contributed by atoms with Crippen LogP contribution in [-0.4, -0.2) is 22.5 Å². The number of rotatable bonds is 3. The number of aliphatic hydroxyl groups is 1. The molecule has 4 nitrogen and oxygen atoms in total. The predicted octanol–water partition coefficient (Wildman–Crippen LogP) is 1.66. The molecule has 0 saturated carbocycles. The molecule has 88 valence electrons. The summed E-state index contributed by atoms with van der Waals surface area (Å²) in [4.78, 5) is 4.23. The van der Waals surface area contributed by atoms with E-state index in [2.05, 4.69) is 18.8 Å². The van der Waals surface area contributed by atoms with E-state index in [1.807, 2.05) is 12.1 Å². The molecule has 16 heavy (non-hydrogen) atoms. The molecular formula is C11H17N3OS. The second-order valence-corrected chi connectivity index (χ2v) is 4.23. The minimum Gasteiger partial charge on any atom is -0.400 e. The number of nitriles is 1. The van der Waals surface area contributed by atoms with Crippen LogP contribution in [0.5, 0.6) is 0 Å². The van der Waals surface area contributed by atoms with Crippen molar-refractivity contribution < 1.29 is 5.11 Å². The Morgan fingerprint density at radius 3 is 2.44 bits per heavy atom. The molecule has 0 amide bonds. The lowest BCUT2D eigenvalue weighted by Crippen LogP contribution is -2.11. The van der Waals surface area contributed by atoms with Crippen LogP contribution in [0.3, 0.4) is 0 Å². The third-order valence-corrected chi connectivity index (χ3v) is 3.14. The lowest BCUT2D eigenvalue weighted by atomic mass is 10.0.